The molecule has 1 aliphatic heterocycles. The summed E-state index contributed by atoms with van der Waals surface area (Å²) in [6.45, 7) is 0.487. The number of amides is 1. The van der Waals surface area contributed by atoms with Gasteiger partial charge in [0.2, 0.25) is 0 Å². The number of methoxy groups -OCH3 is 1. The van der Waals surface area contributed by atoms with Gasteiger partial charge >= 0.3 is 0 Å². The molecule has 7 heteroatoms. The van der Waals surface area contributed by atoms with E-state index in [-0.39, 0.29) is 11.9 Å². The Morgan fingerprint density at radius 3 is 2.41 bits per heavy atom. The topological polar surface area (TPSA) is 71.1 Å². The van der Waals surface area contributed by atoms with Crippen LogP contribution in [0.4, 0.5) is 0 Å². The highest BCUT2D eigenvalue weighted by Crippen LogP contribution is 2.43. The number of aromatic nitrogens is 3. The minimum Gasteiger partial charge on any atom is -0.497 e. The maximum atomic E-state index is 13.5. The molecule has 2 aromatic carbocycles. The molecule has 0 radical (unpaired) electrons. The summed E-state index contributed by atoms with van der Waals surface area (Å²) in [5.41, 5.74) is 5.26. The number of H-pyrrole nitrogens is 1. The van der Waals surface area contributed by atoms with Crippen molar-refractivity contribution in [1.82, 2.24) is 20.1 Å². The van der Waals surface area contributed by atoms with Crippen molar-refractivity contribution in [2.75, 3.05) is 13.4 Å². The number of pyridine rings is 1. The molecule has 160 valence electrons. The lowest BCUT2D eigenvalue weighted by Gasteiger charge is -2.26. The normalized spacial score (nSPS) is 15.1. The number of ether oxygens (including phenoxy) is 1. The standard InChI is InChI=1S/C25H22N4O2S/c1-31-19-7-3-17(4-8-19)22-21-23(28-27-22)25(30)29(15-16-11-13-26-14-12-16)24(21)18-5-9-20(32-2)10-6-18/h3-14,24H,15H2,1-2H3,(H,27,28). The average Bonchev–Trinajstić information content (AvgIpc) is 3.39. The summed E-state index contributed by atoms with van der Waals surface area (Å²) >= 11 is 1.70. The van der Waals surface area contributed by atoms with E-state index in [2.05, 4.69) is 45.7 Å². The third kappa shape index (κ3) is 3.54. The van der Waals surface area contributed by atoms with E-state index in [9.17, 15) is 4.79 Å². The van der Waals surface area contributed by atoms with Gasteiger partial charge in [-0.25, -0.2) is 0 Å². The third-order valence-corrected chi connectivity index (χ3v) is 6.50. The molecular weight excluding hydrogens is 420 g/mol. The van der Waals surface area contributed by atoms with Gasteiger partial charge in [-0.2, -0.15) is 5.10 Å². The van der Waals surface area contributed by atoms with Crippen molar-refractivity contribution in [2.45, 2.75) is 17.5 Å². The molecule has 1 aliphatic rings. The Hall–Kier alpha value is -3.58. The maximum absolute atomic E-state index is 13.5. The molecule has 1 amide bonds. The summed E-state index contributed by atoms with van der Waals surface area (Å²) in [4.78, 5) is 20.7. The summed E-state index contributed by atoms with van der Waals surface area (Å²) in [7, 11) is 1.64. The molecule has 0 aliphatic carbocycles. The van der Waals surface area contributed by atoms with E-state index in [0.29, 0.717) is 12.2 Å². The quantitative estimate of drug-likeness (QED) is 0.428. The zero-order valence-corrected chi connectivity index (χ0v) is 18.6. The molecule has 0 bridgehead atoms. The number of hydrogen-bond acceptors (Lipinski definition) is 5. The maximum Gasteiger partial charge on any atom is 0.273 e. The molecule has 0 saturated heterocycles. The Balaban J connectivity index is 1.62. The third-order valence-electron chi connectivity index (χ3n) is 5.76. The van der Waals surface area contributed by atoms with Crippen LogP contribution in [0.1, 0.15) is 33.2 Å². The van der Waals surface area contributed by atoms with Gasteiger partial charge in [0.25, 0.3) is 5.91 Å². The lowest BCUT2D eigenvalue weighted by molar-refractivity contribution is 0.0730. The Morgan fingerprint density at radius 2 is 1.75 bits per heavy atom. The van der Waals surface area contributed by atoms with Gasteiger partial charge < -0.3 is 9.64 Å². The molecule has 1 unspecified atom stereocenters. The fraction of sp³-hybridized carbons (Fsp3) is 0.160. The fourth-order valence-electron chi connectivity index (χ4n) is 4.15. The lowest BCUT2D eigenvalue weighted by Crippen LogP contribution is -2.29. The van der Waals surface area contributed by atoms with Gasteiger partial charge in [-0.05, 0) is 65.9 Å². The Morgan fingerprint density at radius 1 is 1.03 bits per heavy atom. The number of benzene rings is 2. The van der Waals surface area contributed by atoms with Crippen LogP contribution in [0.25, 0.3) is 11.3 Å². The van der Waals surface area contributed by atoms with Gasteiger partial charge in [-0.15, -0.1) is 11.8 Å². The lowest BCUT2D eigenvalue weighted by atomic mass is 9.96. The monoisotopic (exact) mass is 442 g/mol. The number of fused-ring (bicyclic) bond motifs is 1. The Labute approximate surface area is 190 Å². The minimum atomic E-state index is -0.238. The average molecular weight is 443 g/mol. The molecule has 0 spiro atoms. The molecule has 5 rings (SSSR count). The van der Waals surface area contributed by atoms with E-state index in [1.807, 2.05) is 41.3 Å². The first-order valence-corrected chi connectivity index (χ1v) is 11.5. The number of aromatic amines is 1. The molecule has 2 aromatic heterocycles. The molecule has 1 atom stereocenters. The highest BCUT2D eigenvalue weighted by Gasteiger charge is 2.42. The second-order valence-electron chi connectivity index (χ2n) is 7.55. The van der Waals surface area contributed by atoms with Crippen molar-refractivity contribution in [3.05, 3.63) is 95.4 Å². The fourth-order valence-corrected chi connectivity index (χ4v) is 4.55. The first-order chi connectivity index (χ1) is 15.7. The zero-order valence-electron chi connectivity index (χ0n) is 17.8. The van der Waals surface area contributed by atoms with Crippen molar-refractivity contribution in [3.63, 3.8) is 0 Å². The first kappa shape index (κ1) is 20.3. The van der Waals surface area contributed by atoms with Crippen LogP contribution in [-0.2, 0) is 6.54 Å². The number of hydrogen-bond donors (Lipinski definition) is 1. The summed E-state index contributed by atoms with van der Waals surface area (Å²) in [5.74, 6) is 0.726. The number of carbonyl (C=O) groups is 1. The molecule has 1 N–H and O–H groups in total. The molecule has 6 nitrogen and oxygen atoms in total. The molecule has 32 heavy (non-hydrogen) atoms. The van der Waals surface area contributed by atoms with Crippen molar-refractivity contribution >= 4 is 17.7 Å². The number of rotatable bonds is 6. The van der Waals surface area contributed by atoms with Crippen LogP contribution < -0.4 is 4.74 Å². The smallest absolute Gasteiger partial charge is 0.273 e. The second kappa shape index (κ2) is 8.51. The van der Waals surface area contributed by atoms with Crippen LogP contribution in [0.3, 0.4) is 0 Å². The highest BCUT2D eigenvalue weighted by molar-refractivity contribution is 7.98. The number of nitrogens with zero attached hydrogens (tertiary/aromatic N) is 3. The molecule has 0 saturated carbocycles. The van der Waals surface area contributed by atoms with Crippen LogP contribution in [-0.4, -0.2) is 39.4 Å². The van der Waals surface area contributed by atoms with E-state index in [0.717, 1.165) is 33.7 Å². The summed E-state index contributed by atoms with van der Waals surface area (Å²) in [5, 5.41) is 7.55. The number of nitrogens with one attached hydrogen (secondary N) is 1. The summed E-state index contributed by atoms with van der Waals surface area (Å²) < 4.78 is 5.29. The van der Waals surface area contributed by atoms with Gasteiger partial charge in [-0.3, -0.25) is 14.9 Å². The van der Waals surface area contributed by atoms with Crippen LogP contribution in [0, 0.1) is 0 Å². The molecular formula is C25H22N4O2S. The van der Waals surface area contributed by atoms with Gasteiger partial charge in [0.05, 0.1) is 18.8 Å². The van der Waals surface area contributed by atoms with Crippen LogP contribution >= 0.6 is 11.8 Å². The molecule has 3 heterocycles. The predicted octanol–water partition coefficient (Wildman–Crippen LogP) is 4.95. The molecule has 0 fully saturated rings. The SMILES string of the molecule is COc1ccc(-c2n[nH]c3c2C(c2ccc(SC)cc2)N(Cc2ccncc2)C3=O)cc1. The van der Waals surface area contributed by atoms with Gasteiger partial charge in [0.1, 0.15) is 11.4 Å². The summed E-state index contributed by atoms with van der Waals surface area (Å²) in [6.07, 6.45) is 5.56. The van der Waals surface area contributed by atoms with Crippen molar-refractivity contribution < 1.29 is 9.53 Å². The Kier molecular flexibility index (Phi) is 5.41. The van der Waals surface area contributed by atoms with E-state index < -0.39 is 0 Å². The van der Waals surface area contributed by atoms with Crippen LogP contribution in [0.15, 0.2) is 78.0 Å². The van der Waals surface area contributed by atoms with Crippen LogP contribution in [0.2, 0.25) is 0 Å². The number of thioether (sulfide) groups is 1. The van der Waals surface area contributed by atoms with E-state index in [1.54, 1.807) is 31.3 Å². The van der Waals surface area contributed by atoms with Gasteiger partial charge in [-0.1, -0.05) is 12.1 Å². The van der Waals surface area contributed by atoms with E-state index in [1.165, 1.54) is 4.90 Å². The van der Waals surface area contributed by atoms with Crippen molar-refractivity contribution in [1.29, 1.82) is 0 Å². The van der Waals surface area contributed by atoms with E-state index >= 15 is 0 Å². The highest BCUT2D eigenvalue weighted by atomic mass is 32.2. The van der Waals surface area contributed by atoms with Crippen LogP contribution in [0.5, 0.6) is 5.75 Å². The molecule has 4 aromatic rings. The second-order valence-corrected chi connectivity index (χ2v) is 8.43. The van der Waals surface area contributed by atoms with E-state index in [4.69, 9.17) is 4.74 Å². The van der Waals surface area contributed by atoms with Gasteiger partial charge in [0, 0.05) is 35.0 Å². The summed E-state index contributed by atoms with van der Waals surface area (Å²) in [6, 6.07) is 19.8. The first-order valence-electron chi connectivity index (χ1n) is 10.3. The largest absolute Gasteiger partial charge is 0.497 e. The predicted molar refractivity (Wildman–Crippen MR) is 125 cm³/mol. The minimum absolute atomic E-state index is 0.0528. The zero-order chi connectivity index (χ0) is 22.1. The Bertz CT molecular complexity index is 1240. The van der Waals surface area contributed by atoms with Gasteiger partial charge in [0.15, 0.2) is 0 Å². The van der Waals surface area contributed by atoms with Crippen molar-refractivity contribution in [3.8, 4) is 17.0 Å². The number of carbonyl (C=O) groups excluding carboxylic acids is 1. The van der Waals surface area contributed by atoms with Crippen molar-refractivity contribution in [2.24, 2.45) is 0 Å².